The quantitative estimate of drug-likeness (QED) is 0.348. The van der Waals surface area contributed by atoms with Gasteiger partial charge in [-0.25, -0.2) is 0 Å². The van der Waals surface area contributed by atoms with E-state index in [1.165, 1.54) is 11.8 Å². The summed E-state index contributed by atoms with van der Waals surface area (Å²) in [6.45, 7) is 0. The second-order valence-electron chi connectivity index (χ2n) is 7.38. The van der Waals surface area contributed by atoms with Gasteiger partial charge in [0, 0.05) is 10.6 Å². The number of hydrogen-bond donors (Lipinski definition) is 0. The van der Waals surface area contributed by atoms with Gasteiger partial charge in [0.1, 0.15) is 0 Å². The average Bonchev–Trinajstić information content (AvgIpc) is 3.30. The van der Waals surface area contributed by atoms with E-state index < -0.39 is 0 Å². The van der Waals surface area contributed by atoms with E-state index in [0.29, 0.717) is 17.5 Å². The van der Waals surface area contributed by atoms with Crippen molar-refractivity contribution in [3.8, 4) is 0 Å². The van der Waals surface area contributed by atoms with Crippen LogP contribution in [0.4, 0.5) is 5.69 Å². The molecule has 4 aromatic rings. The van der Waals surface area contributed by atoms with Crippen molar-refractivity contribution >= 4 is 35.1 Å². The Kier molecular flexibility index (Phi) is 6.27. The molecule has 160 valence electrons. The minimum absolute atomic E-state index is 0.0134. The lowest BCUT2D eigenvalue weighted by Crippen LogP contribution is -2.39. The van der Waals surface area contributed by atoms with Crippen molar-refractivity contribution in [3.63, 3.8) is 0 Å². The molecule has 3 aromatic carbocycles. The van der Waals surface area contributed by atoms with Gasteiger partial charge in [0.15, 0.2) is 0 Å². The van der Waals surface area contributed by atoms with Crippen molar-refractivity contribution in [1.29, 1.82) is 0 Å². The van der Waals surface area contributed by atoms with Gasteiger partial charge >= 0.3 is 0 Å². The highest BCUT2D eigenvalue weighted by Crippen LogP contribution is 2.43. The fourth-order valence-corrected chi connectivity index (χ4v) is 5.56. The molecule has 1 aliphatic heterocycles. The van der Waals surface area contributed by atoms with E-state index in [9.17, 15) is 4.79 Å². The molecule has 0 spiro atoms. The summed E-state index contributed by atoms with van der Waals surface area (Å²) in [5, 5.41) is 8.67. The number of anilines is 1. The van der Waals surface area contributed by atoms with E-state index in [-0.39, 0.29) is 17.7 Å². The fraction of sp³-hybridized carbons (Fsp3) is 0.160. The summed E-state index contributed by atoms with van der Waals surface area (Å²) in [6.07, 6.45) is 0.579. The van der Waals surface area contributed by atoms with Crippen molar-refractivity contribution in [1.82, 2.24) is 10.2 Å². The lowest BCUT2D eigenvalue weighted by Gasteiger charge is -2.37. The lowest BCUT2D eigenvalue weighted by molar-refractivity contribution is -0.116. The zero-order valence-electron chi connectivity index (χ0n) is 17.3. The first kappa shape index (κ1) is 20.8. The predicted octanol–water partition coefficient (Wildman–Crippen LogP) is 5.63. The van der Waals surface area contributed by atoms with Crippen LogP contribution in [0.15, 0.2) is 99.5 Å². The molecule has 0 aliphatic carbocycles. The molecule has 5 rings (SSSR count). The Morgan fingerprint density at radius 1 is 0.969 bits per heavy atom. The van der Waals surface area contributed by atoms with Crippen molar-refractivity contribution in [2.75, 3.05) is 16.4 Å². The molecule has 0 bridgehead atoms. The van der Waals surface area contributed by atoms with E-state index >= 15 is 0 Å². The zero-order valence-corrected chi connectivity index (χ0v) is 18.9. The molecule has 32 heavy (non-hydrogen) atoms. The zero-order chi connectivity index (χ0) is 21.8. The Morgan fingerprint density at radius 3 is 2.50 bits per heavy atom. The first-order valence-electron chi connectivity index (χ1n) is 10.4. The van der Waals surface area contributed by atoms with Crippen LogP contribution in [-0.4, -0.2) is 27.6 Å². The van der Waals surface area contributed by atoms with Gasteiger partial charge in [-0.05, 0) is 23.3 Å². The van der Waals surface area contributed by atoms with Crippen LogP contribution in [0, 0.1) is 0 Å². The fourth-order valence-electron chi connectivity index (χ4n) is 3.75. The number of rotatable bonds is 6. The van der Waals surface area contributed by atoms with Gasteiger partial charge in [-0.15, -0.1) is 22.0 Å². The van der Waals surface area contributed by atoms with E-state index in [1.807, 2.05) is 71.6 Å². The van der Waals surface area contributed by atoms with Crippen LogP contribution in [0.25, 0.3) is 0 Å². The van der Waals surface area contributed by atoms with Gasteiger partial charge in [0.25, 0.3) is 5.22 Å². The maximum atomic E-state index is 13.4. The van der Waals surface area contributed by atoms with E-state index in [1.54, 1.807) is 11.8 Å². The number of carbonyl (C=O) groups excluding carboxylic acids is 1. The Balaban J connectivity index is 1.32. The number of amides is 1. The lowest BCUT2D eigenvalue weighted by atomic mass is 10.1. The molecule has 0 N–H and O–H groups in total. The minimum Gasteiger partial charge on any atom is -0.416 e. The molecule has 1 atom stereocenters. The summed E-state index contributed by atoms with van der Waals surface area (Å²) in [5.74, 6) is 1.63. The van der Waals surface area contributed by atoms with E-state index in [0.717, 1.165) is 27.5 Å². The number of benzene rings is 3. The monoisotopic (exact) mass is 459 g/mol. The number of hydrogen-bond acceptors (Lipinski definition) is 6. The molecule has 0 saturated carbocycles. The van der Waals surface area contributed by atoms with Crippen LogP contribution in [-0.2, 0) is 11.2 Å². The molecular weight excluding hydrogens is 438 g/mol. The maximum Gasteiger partial charge on any atom is 0.277 e. The van der Waals surface area contributed by atoms with Gasteiger partial charge in [-0.2, -0.15) is 0 Å². The van der Waals surface area contributed by atoms with Crippen LogP contribution in [0.3, 0.4) is 0 Å². The predicted molar refractivity (Wildman–Crippen MR) is 128 cm³/mol. The second kappa shape index (κ2) is 9.63. The van der Waals surface area contributed by atoms with Gasteiger partial charge in [0.2, 0.25) is 11.8 Å². The largest absolute Gasteiger partial charge is 0.416 e. The molecule has 7 heteroatoms. The summed E-state index contributed by atoms with van der Waals surface area (Å²) in [5.41, 5.74) is 3.20. The summed E-state index contributed by atoms with van der Waals surface area (Å²) < 4.78 is 5.77. The minimum atomic E-state index is -0.0134. The Bertz CT molecular complexity index is 1200. The molecule has 1 aromatic heterocycles. The average molecular weight is 460 g/mol. The van der Waals surface area contributed by atoms with Crippen LogP contribution in [0.1, 0.15) is 23.1 Å². The second-order valence-corrected chi connectivity index (χ2v) is 9.37. The topological polar surface area (TPSA) is 59.2 Å². The Hall–Kier alpha value is -3.03. The molecule has 1 amide bonds. The standard InChI is InChI=1S/C25H21N3O2S2/c29-24(17-32-25-27-26-23(30-25)15-18-9-3-1-4-10-18)28-20-13-7-8-14-22(20)31-16-21(28)19-11-5-2-6-12-19/h1-14,21H,15-17H2/t21-/m0/s1. The first-order valence-corrected chi connectivity index (χ1v) is 12.3. The van der Waals surface area contributed by atoms with Gasteiger partial charge in [-0.1, -0.05) is 84.6 Å². The molecule has 0 fully saturated rings. The molecule has 0 unspecified atom stereocenters. The number of carbonyl (C=O) groups is 1. The molecule has 2 heterocycles. The normalized spacial score (nSPS) is 15.4. The summed E-state index contributed by atoms with van der Waals surface area (Å²) in [4.78, 5) is 16.5. The summed E-state index contributed by atoms with van der Waals surface area (Å²) in [6, 6.07) is 28.3. The van der Waals surface area contributed by atoms with Crippen LogP contribution < -0.4 is 4.90 Å². The number of nitrogens with zero attached hydrogens (tertiary/aromatic N) is 3. The highest BCUT2D eigenvalue weighted by atomic mass is 32.2. The number of para-hydroxylation sites is 1. The number of aromatic nitrogens is 2. The van der Waals surface area contributed by atoms with Gasteiger partial charge in [-0.3, -0.25) is 4.79 Å². The Morgan fingerprint density at radius 2 is 1.69 bits per heavy atom. The van der Waals surface area contributed by atoms with E-state index in [4.69, 9.17) is 4.42 Å². The number of fused-ring (bicyclic) bond motifs is 1. The maximum absolute atomic E-state index is 13.4. The molecule has 5 nitrogen and oxygen atoms in total. The molecule has 1 aliphatic rings. The smallest absolute Gasteiger partial charge is 0.277 e. The van der Waals surface area contributed by atoms with Crippen molar-refractivity contribution in [2.24, 2.45) is 0 Å². The molecule has 0 radical (unpaired) electrons. The third-order valence-corrected chi connectivity index (χ3v) is 7.19. The molecular formula is C25H21N3O2S2. The van der Waals surface area contributed by atoms with Crippen LogP contribution in [0.5, 0.6) is 0 Å². The SMILES string of the molecule is O=C(CSc1nnc(Cc2ccccc2)o1)N1c2ccccc2SC[C@H]1c1ccccc1. The third kappa shape index (κ3) is 4.59. The van der Waals surface area contributed by atoms with Gasteiger partial charge < -0.3 is 9.32 Å². The highest BCUT2D eigenvalue weighted by Gasteiger charge is 2.32. The molecule has 0 saturated heterocycles. The Labute approximate surface area is 195 Å². The van der Waals surface area contributed by atoms with E-state index in [2.05, 4.69) is 28.4 Å². The first-order chi connectivity index (χ1) is 15.8. The number of thioether (sulfide) groups is 2. The van der Waals surface area contributed by atoms with Gasteiger partial charge in [0.05, 0.1) is 23.9 Å². The third-order valence-electron chi connectivity index (χ3n) is 5.25. The van der Waals surface area contributed by atoms with Crippen molar-refractivity contribution in [2.45, 2.75) is 22.6 Å². The van der Waals surface area contributed by atoms with Crippen LogP contribution >= 0.6 is 23.5 Å². The summed E-state index contributed by atoms with van der Waals surface area (Å²) >= 11 is 3.08. The summed E-state index contributed by atoms with van der Waals surface area (Å²) in [7, 11) is 0. The van der Waals surface area contributed by atoms with Crippen LogP contribution in [0.2, 0.25) is 0 Å². The van der Waals surface area contributed by atoms with Crippen molar-refractivity contribution in [3.05, 3.63) is 102 Å². The highest BCUT2D eigenvalue weighted by molar-refractivity contribution is 8.00. The van der Waals surface area contributed by atoms with Crippen molar-refractivity contribution < 1.29 is 9.21 Å².